The van der Waals surface area contributed by atoms with Crippen molar-refractivity contribution in [2.45, 2.75) is 20.8 Å². The van der Waals surface area contributed by atoms with Crippen molar-refractivity contribution in [1.29, 1.82) is 0 Å². The van der Waals surface area contributed by atoms with Gasteiger partial charge in [0.05, 0.1) is 5.02 Å². The van der Waals surface area contributed by atoms with E-state index in [9.17, 15) is 9.18 Å². The van der Waals surface area contributed by atoms with Crippen LogP contribution in [0.25, 0.3) is 5.82 Å². The van der Waals surface area contributed by atoms with Crippen LogP contribution >= 0.6 is 11.6 Å². The number of halogens is 2. The Labute approximate surface area is 148 Å². The molecule has 0 unspecified atom stereocenters. The van der Waals surface area contributed by atoms with E-state index in [0.29, 0.717) is 22.9 Å². The van der Waals surface area contributed by atoms with Crippen LogP contribution in [0, 0.1) is 26.6 Å². The van der Waals surface area contributed by atoms with Crippen LogP contribution in [0.2, 0.25) is 5.02 Å². The number of carbonyl (C=O) groups is 1. The Morgan fingerprint density at radius 3 is 2.68 bits per heavy atom. The Morgan fingerprint density at radius 2 is 2.04 bits per heavy atom. The summed E-state index contributed by atoms with van der Waals surface area (Å²) >= 11 is 5.71. The highest BCUT2D eigenvalue weighted by molar-refractivity contribution is 6.30. The molecule has 0 spiro atoms. The average Bonchev–Trinajstić information content (AvgIpc) is 3.11. The summed E-state index contributed by atoms with van der Waals surface area (Å²) in [6.07, 6.45) is 0. The monoisotopic (exact) mass is 362 g/mol. The molecule has 1 aromatic carbocycles. The third-order valence-electron chi connectivity index (χ3n) is 3.84. The van der Waals surface area contributed by atoms with Gasteiger partial charge in [0.25, 0.3) is 0 Å². The van der Waals surface area contributed by atoms with Crippen LogP contribution in [0.5, 0.6) is 5.75 Å². The second-order valence-electron chi connectivity index (χ2n) is 5.70. The molecule has 0 amide bonds. The zero-order valence-electron chi connectivity index (χ0n) is 14.0. The number of aromatic nitrogens is 2. The number of ether oxygens (including phenoxy) is 1. The fraction of sp³-hybridized carbons (Fsp3) is 0.222. The van der Waals surface area contributed by atoms with Crippen LogP contribution in [-0.4, -0.2) is 22.1 Å². The molecule has 0 fully saturated rings. The zero-order valence-corrected chi connectivity index (χ0v) is 14.7. The topological polar surface area (TPSA) is 57.3 Å². The third-order valence-corrected chi connectivity index (χ3v) is 4.13. The van der Waals surface area contributed by atoms with Gasteiger partial charge in [0, 0.05) is 29.1 Å². The molecule has 0 radical (unpaired) electrons. The second kappa shape index (κ2) is 6.72. The maximum Gasteiger partial charge on any atom is 0.202 e. The lowest BCUT2D eigenvalue weighted by molar-refractivity contribution is 0.0921. The predicted octanol–water partition coefficient (Wildman–Crippen LogP) is 4.44. The summed E-state index contributed by atoms with van der Waals surface area (Å²) in [4.78, 5) is 12.5. The Morgan fingerprint density at radius 1 is 1.28 bits per heavy atom. The first kappa shape index (κ1) is 17.2. The molecule has 0 aliphatic carbocycles. The lowest BCUT2D eigenvalue weighted by atomic mass is 10.1. The summed E-state index contributed by atoms with van der Waals surface area (Å²) < 4.78 is 25.5. The minimum absolute atomic E-state index is 0.0514. The minimum Gasteiger partial charge on any atom is -0.485 e. The van der Waals surface area contributed by atoms with E-state index < -0.39 is 5.82 Å². The summed E-state index contributed by atoms with van der Waals surface area (Å²) in [6, 6.07) is 7.54. The van der Waals surface area contributed by atoms with Gasteiger partial charge >= 0.3 is 0 Å². The lowest BCUT2D eigenvalue weighted by Gasteiger charge is -2.07. The van der Waals surface area contributed by atoms with E-state index in [1.807, 2.05) is 18.4 Å². The largest absolute Gasteiger partial charge is 0.485 e. The van der Waals surface area contributed by atoms with Crippen molar-refractivity contribution < 1.29 is 18.4 Å². The van der Waals surface area contributed by atoms with Crippen molar-refractivity contribution in [2.75, 3.05) is 6.61 Å². The van der Waals surface area contributed by atoms with Crippen LogP contribution < -0.4 is 4.74 Å². The van der Waals surface area contributed by atoms with Gasteiger partial charge in [-0.2, -0.15) is 0 Å². The smallest absolute Gasteiger partial charge is 0.202 e. The average molecular weight is 363 g/mol. The van der Waals surface area contributed by atoms with Crippen molar-refractivity contribution in [3.8, 4) is 11.6 Å². The highest BCUT2D eigenvalue weighted by Crippen LogP contribution is 2.23. The summed E-state index contributed by atoms with van der Waals surface area (Å²) in [7, 11) is 0. The van der Waals surface area contributed by atoms with Crippen LogP contribution in [0.3, 0.4) is 0 Å². The first-order valence-corrected chi connectivity index (χ1v) is 7.98. The summed E-state index contributed by atoms with van der Waals surface area (Å²) in [5.74, 6) is 0.914. The highest BCUT2D eigenvalue weighted by Gasteiger charge is 2.19. The number of aryl methyl sites for hydroxylation is 2. The van der Waals surface area contributed by atoms with E-state index in [2.05, 4.69) is 5.16 Å². The van der Waals surface area contributed by atoms with Gasteiger partial charge in [-0.05, 0) is 39.0 Å². The number of Topliss-reactive ketones (excluding diaryl/α,β-unsaturated/α-hetero) is 1. The van der Waals surface area contributed by atoms with Crippen molar-refractivity contribution in [3.63, 3.8) is 0 Å². The Bertz CT molecular complexity index is 946. The van der Waals surface area contributed by atoms with Gasteiger partial charge in [0.1, 0.15) is 17.3 Å². The van der Waals surface area contributed by atoms with Gasteiger partial charge in [-0.25, -0.2) is 4.39 Å². The molecule has 0 saturated heterocycles. The molecular weight excluding hydrogens is 347 g/mol. The number of ketones is 1. The number of nitrogens with zero attached hydrogens (tertiary/aromatic N) is 2. The number of rotatable bonds is 5. The Kier molecular flexibility index (Phi) is 4.63. The molecule has 5 nitrogen and oxygen atoms in total. The van der Waals surface area contributed by atoms with E-state index in [0.717, 1.165) is 11.4 Å². The molecule has 0 aliphatic heterocycles. The van der Waals surface area contributed by atoms with E-state index in [4.69, 9.17) is 20.9 Å². The zero-order chi connectivity index (χ0) is 18.1. The molecule has 0 atom stereocenters. The molecule has 0 aliphatic rings. The molecule has 7 heteroatoms. The van der Waals surface area contributed by atoms with Crippen LogP contribution in [0.4, 0.5) is 4.39 Å². The number of hydrogen-bond acceptors (Lipinski definition) is 4. The second-order valence-corrected chi connectivity index (χ2v) is 6.11. The molecule has 130 valence electrons. The van der Waals surface area contributed by atoms with E-state index in [1.54, 1.807) is 19.1 Å². The molecule has 0 saturated carbocycles. The van der Waals surface area contributed by atoms with E-state index in [1.165, 1.54) is 18.2 Å². The number of carbonyl (C=O) groups excluding carboxylic acids is 1. The van der Waals surface area contributed by atoms with Gasteiger partial charge < -0.3 is 9.26 Å². The molecule has 0 bridgehead atoms. The fourth-order valence-electron chi connectivity index (χ4n) is 2.65. The molecule has 3 rings (SSSR count). The van der Waals surface area contributed by atoms with E-state index in [-0.39, 0.29) is 17.4 Å². The Hall–Kier alpha value is -2.60. The molecule has 3 aromatic rings. The number of hydrogen-bond donors (Lipinski definition) is 0. The van der Waals surface area contributed by atoms with Crippen LogP contribution in [-0.2, 0) is 0 Å². The van der Waals surface area contributed by atoms with Gasteiger partial charge in [-0.1, -0.05) is 16.8 Å². The third kappa shape index (κ3) is 3.44. The Balaban J connectivity index is 1.79. The van der Waals surface area contributed by atoms with Gasteiger partial charge in [0.15, 0.2) is 12.4 Å². The highest BCUT2D eigenvalue weighted by atomic mass is 35.5. The van der Waals surface area contributed by atoms with Gasteiger partial charge in [-0.3, -0.25) is 9.36 Å². The summed E-state index contributed by atoms with van der Waals surface area (Å²) in [6.45, 7) is 5.34. The fourth-order valence-corrected chi connectivity index (χ4v) is 2.82. The quantitative estimate of drug-likeness (QED) is 0.629. The first-order chi connectivity index (χ1) is 11.9. The van der Waals surface area contributed by atoms with Crippen LogP contribution in [0.15, 0.2) is 34.9 Å². The molecular formula is C18H16ClFN2O3. The lowest BCUT2D eigenvalue weighted by Crippen LogP contribution is -2.12. The van der Waals surface area contributed by atoms with Crippen molar-refractivity contribution in [1.82, 2.24) is 9.72 Å². The van der Waals surface area contributed by atoms with Crippen molar-refractivity contribution in [2.24, 2.45) is 0 Å². The molecule has 2 heterocycles. The van der Waals surface area contributed by atoms with Gasteiger partial charge in [0.2, 0.25) is 5.78 Å². The van der Waals surface area contributed by atoms with Crippen molar-refractivity contribution in [3.05, 3.63) is 63.9 Å². The SMILES string of the molecule is Cc1cc(-n2c(C)cc(C(=O)COc3ccc(F)c(Cl)c3)c2C)no1. The maximum atomic E-state index is 13.2. The maximum absolute atomic E-state index is 13.2. The standard InChI is InChI=1S/C18H16ClFN2O3/c1-10-6-14(12(3)22(10)18-7-11(2)25-21-18)17(23)9-24-13-4-5-16(20)15(19)8-13/h4-8H,9H2,1-3H3. The van der Waals surface area contributed by atoms with Crippen molar-refractivity contribution >= 4 is 17.4 Å². The van der Waals surface area contributed by atoms with E-state index >= 15 is 0 Å². The summed E-state index contributed by atoms with van der Waals surface area (Å²) in [5, 5.41) is 3.94. The molecule has 0 N–H and O–H groups in total. The molecule has 25 heavy (non-hydrogen) atoms. The predicted molar refractivity (Wildman–Crippen MR) is 91.3 cm³/mol. The molecule has 2 aromatic heterocycles. The van der Waals surface area contributed by atoms with Crippen LogP contribution in [0.1, 0.15) is 27.5 Å². The number of benzene rings is 1. The first-order valence-electron chi connectivity index (χ1n) is 7.60. The van der Waals surface area contributed by atoms with Gasteiger partial charge in [-0.15, -0.1) is 0 Å². The normalized spacial score (nSPS) is 10.9. The minimum atomic E-state index is -0.535. The summed E-state index contributed by atoms with van der Waals surface area (Å²) in [5.41, 5.74) is 2.14.